The number of hydrogen-bond donors (Lipinski definition) is 3. The number of nitrogens with zero attached hydrogens (tertiary/aromatic N) is 4. The van der Waals surface area contributed by atoms with E-state index in [4.69, 9.17) is 4.74 Å². The summed E-state index contributed by atoms with van der Waals surface area (Å²) >= 11 is 0. The quantitative estimate of drug-likeness (QED) is 0.195. The Morgan fingerprint density at radius 3 is 1.93 bits per heavy atom. The van der Waals surface area contributed by atoms with E-state index in [0.717, 1.165) is 27.8 Å². The van der Waals surface area contributed by atoms with Gasteiger partial charge in [-0.25, -0.2) is 19.6 Å². The number of carboxylic acids is 1. The second kappa shape index (κ2) is 15.1. The number of ether oxygens (including phenoxy) is 1. The second-order valence-electron chi connectivity index (χ2n) is 10.1. The molecular weight excluding hydrogens is 564 g/mol. The molecule has 0 saturated carbocycles. The number of carboxylic acid groups (broad SMARTS) is 1. The van der Waals surface area contributed by atoms with E-state index >= 15 is 0 Å². The van der Waals surface area contributed by atoms with Gasteiger partial charge in [0.05, 0.1) is 30.4 Å². The largest absolute Gasteiger partial charge is 0.476 e. The van der Waals surface area contributed by atoms with Gasteiger partial charge in [-0.1, -0.05) is 42.5 Å². The third-order valence-electron chi connectivity index (χ3n) is 6.54. The predicted molar refractivity (Wildman–Crippen MR) is 159 cm³/mol. The van der Waals surface area contributed by atoms with Crippen LogP contribution < -0.4 is 10.6 Å². The summed E-state index contributed by atoms with van der Waals surface area (Å²) in [6.45, 7) is 3.71. The fraction of sp³-hybridized carbons (Fsp3) is 0.250. The fourth-order valence-corrected chi connectivity index (χ4v) is 4.35. The minimum absolute atomic E-state index is 0.0608. The molecule has 2 amide bonds. The summed E-state index contributed by atoms with van der Waals surface area (Å²) in [6.07, 6.45) is 6.84. The number of rotatable bonds is 13. The number of aromatic nitrogens is 4. The van der Waals surface area contributed by atoms with Crippen LogP contribution in [0.4, 0.5) is 0 Å². The molecule has 12 heteroatoms. The van der Waals surface area contributed by atoms with E-state index in [1.54, 1.807) is 6.20 Å². The first-order valence-corrected chi connectivity index (χ1v) is 13.9. The molecule has 4 rings (SSSR count). The Bertz CT molecular complexity index is 1660. The molecule has 3 N–H and O–H groups in total. The van der Waals surface area contributed by atoms with E-state index in [0.29, 0.717) is 43.7 Å². The van der Waals surface area contributed by atoms with Crippen molar-refractivity contribution in [3.05, 3.63) is 118 Å². The molecule has 0 aliphatic carbocycles. The van der Waals surface area contributed by atoms with Crippen molar-refractivity contribution in [2.45, 2.75) is 46.2 Å². The first-order chi connectivity index (χ1) is 21.2. The molecule has 0 atom stereocenters. The summed E-state index contributed by atoms with van der Waals surface area (Å²) in [4.78, 5) is 63.4. The van der Waals surface area contributed by atoms with Crippen LogP contribution in [0.5, 0.6) is 0 Å². The summed E-state index contributed by atoms with van der Waals surface area (Å²) in [5.74, 6) is -2.03. The van der Waals surface area contributed by atoms with Gasteiger partial charge in [-0.2, -0.15) is 0 Å². The molecule has 226 valence electrons. The van der Waals surface area contributed by atoms with E-state index in [-0.39, 0.29) is 29.8 Å². The smallest absolute Gasteiger partial charge is 0.358 e. The number of carbonyl (C=O) groups excluding carboxylic acids is 3. The van der Waals surface area contributed by atoms with Crippen LogP contribution in [0.2, 0.25) is 0 Å². The normalized spacial score (nSPS) is 10.6. The number of benzene rings is 2. The number of hydrogen-bond acceptors (Lipinski definition) is 9. The molecule has 0 aliphatic rings. The van der Waals surface area contributed by atoms with Gasteiger partial charge in [0.25, 0.3) is 0 Å². The third kappa shape index (κ3) is 9.51. The van der Waals surface area contributed by atoms with Crippen molar-refractivity contribution in [1.29, 1.82) is 0 Å². The highest BCUT2D eigenvalue weighted by atomic mass is 16.5. The molecule has 0 radical (unpaired) electrons. The molecule has 0 fully saturated rings. The van der Waals surface area contributed by atoms with Gasteiger partial charge in [0.15, 0.2) is 11.4 Å². The van der Waals surface area contributed by atoms with Gasteiger partial charge in [0, 0.05) is 58.6 Å². The van der Waals surface area contributed by atoms with Crippen molar-refractivity contribution in [1.82, 2.24) is 30.6 Å². The van der Waals surface area contributed by atoms with Crippen molar-refractivity contribution in [3.8, 4) is 0 Å². The summed E-state index contributed by atoms with van der Waals surface area (Å²) in [5, 5.41) is 14.8. The average molecular weight is 597 g/mol. The number of amides is 2. The molecule has 0 unspecified atom stereocenters. The molecule has 0 aliphatic heterocycles. The lowest BCUT2D eigenvalue weighted by Crippen LogP contribution is -2.20. The molecule has 2 aromatic carbocycles. The van der Waals surface area contributed by atoms with Gasteiger partial charge in [-0.15, -0.1) is 0 Å². The molecule has 44 heavy (non-hydrogen) atoms. The van der Waals surface area contributed by atoms with E-state index in [1.807, 2.05) is 42.5 Å². The highest BCUT2D eigenvalue weighted by molar-refractivity contribution is 5.87. The molecule has 0 bridgehead atoms. The highest BCUT2D eigenvalue weighted by Gasteiger charge is 2.13. The molecule has 0 saturated heterocycles. The first-order valence-electron chi connectivity index (χ1n) is 13.9. The fourth-order valence-electron chi connectivity index (χ4n) is 4.35. The van der Waals surface area contributed by atoms with Gasteiger partial charge in [-0.05, 0) is 27.8 Å². The van der Waals surface area contributed by atoms with Crippen molar-refractivity contribution < 1.29 is 29.0 Å². The second-order valence-corrected chi connectivity index (χ2v) is 10.1. The lowest BCUT2D eigenvalue weighted by atomic mass is 9.99. The SMILES string of the molecule is CC(=O)NCc1ccc(Cc2cncc(C(=O)OCCc3cc(Cc4cncc(C(=O)O)n4)ccc3CNC(C)=O)n2)cc1. The number of aromatic carboxylic acids is 1. The first kappa shape index (κ1) is 31.4. The van der Waals surface area contributed by atoms with Gasteiger partial charge in [0.2, 0.25) is 11.8 Å². The Hall–Kier alpha value is -5.52. The summed E-state index contributed by atoms with van der Waals surface area (Å²) in [5.41, 5.74) is 5.57. The molecular formula is C32H32N6O6. The van der Waals surface area contributed by atoms with E-state index in [9.17, 15) is 24.3 Å². The maximum Gasteiger partial charge on any atom is 0.358 e. The summed E-state index contributed by atoms with van der Waals surface area (Å²) < 4.78 is 5.53. The zero-order valence-corrected chi connectivity index (χ0v) is 24.4. The van der Waals surface area contributed by atoms with Gasteiger partial charge < -0.3 is 20.5 Å². The van der Waals surface area contributed by atoms with Crippen LogP contribution in [0.25, 0.3) is 0 Å². The van der Waals surface area contributed by atoms with Crippen molar-refractivity contribution in [2.75, 3.05) is 6.61 Å². The molecule has 0 spiro atoms. The van der Waals surface area contributed by atoms with E-state index in [2.05, 4.69) is 30.6 Å². The summed E-state index contributed by atoms with van der Waals surface area (Å²) in [6, 6.07) is 13.4. The zero-order chi connectivity index (χ0) is 31.5. The van der Waals surface area contributed by atoms with Crippen molar-refractivity contribution in [3.63, 3.8) is 0 Å². The van der Waals surface area contributed by atoms with E-state index < -0.39 is 11.9 Å². The third-order valence-corrected chi connectivity index (χ3v) is 6.54. The van der Waals surface area contributed by atoms with Gasteiger partial charge >= 0.3 is 11.9 Å². The topological polar surface area (TPSA) is 173 Å². The maximum atomic E-state index is 12.8. The molecule has 12 nitrogen and oxygen atoms in total. The standard InChI is InChI=1S/C32H32N6O6/c1-20(39)35-14-23-5-3-22(4-6-23)12-27-16-34-19-30(38-27)32(43)44-10-9-25-11-24(7-8-26(25)15-36-21(2)40)13-28-17-33-18-29(37-28)31(41)42/h3-8,11,16-19H,9-10,12-15H2,1-2H3,(H,35,39)(H,36,40)(H,41,42). The van der Waals surface area contributed by atoms with Crippen molar-refractivity contribution >= 4 is 23.8 Å². The molecule has 4 aromatic rings. The zero-order valence-electron chi connectivity index (χ0n) is 24.4. The molecule has 2 heterocycles. The van der Waals surface area contributed by atoms with E-state index in [1.165, 1.54) is 32.4 Å². The monoisotopic (exact) mass is 596 g/mol. The minimum Gasteiger partial charge on any atom is -0.476 e. The highest BCUT2D eigenvalue weighted by Crippen LogP contribution is 2.17. The summed E-state index contributed by atoms with van der Waals surface area (Å²) in [7, 11) is 0. The Labute approximate surface area is 254 Å². The Morgan fingerprint density at radius 1 is 0.705 bits per heavy atom. The Balaban J connectivity index is 1.39. The minimum atomic E-state index is -1.16. The van der Waals surface area contributed by atoms with Crippen LogP contribution in [-0.2, 0) is 46.7 Å². The molecule has 2 aromatic heterocycles. The Kier molecular flexibility index (Phi) is 10.8. The maximum absolute atomic E-state index is 12.8. The number of nitrogens with one attached hydrogen (secondary N) is 2. The number of esters is 1. The van der Waals surface area contributed by atoms with Crippen molar-refractivity contribution in [2.24, 2.45) is 0 Å². The van der Waals surface area contributed by atoms with Crippen LogP contribution in [0.1, 0.15) is 74.0 Å². The van der Waals surface area contributed by atoms with Crippen LogP contribution in [0.3, 0.4) is 0 Å². The van der Waals surface area contributed by atoms with Gasteiger partial charge in [-0.3, -0.25) is 19.6 Å². The lowest BCUT2D eigenvalue weighted by Gasteiger charge is -2.13. The average Bonchev–Trinajstić information content (AvgIpc) is 3.00. The Morgan fingerprint density at radius 2 is 1.27 bits per heavy atom. The lowest BCUT2D eigenvalue weighted by molar-refractivity contribution is -0.120. The van der Waals surface area contributed by atoms with Crippen LogP contribution in [0.15, 0.2) is 67.3 Å². The predicted octanol–water partition coefficient (Wildman–Crippen LogP) is 2.82. The van der Waals surface area contributed by atoms with Crippen LogP contribution in [0, 0.1) is 0 Å². The van der Waals surface area contributed by atoms with Crippen LogP contribution in [-0.4, -0.2) is 55.4 Å². The number of carbonyl (C=O) groups is 4. The van der Waals surface area contributed by atoms with Gasteiger partial charge in [0.1, 0.15) is 0 Å². The van der Waals surface area contributed by atoms with Crippen LogP contribution >= 0.6 is 0 Å².